The van der Waals surface area contributed by atoms with Crippen molar-refractivity contribution in [3.8, 4) is 0 Å². The van der Waals surface area contributed by atoms with Crippen LogP contribution in [-0.2, 0) is 71.1 Å². The molecular weight excluding hydrogens is 961 g/mol. The second kappa shape index (κ2) is 71.4. The zero-order chi connectivity index (χ0) is 53.8. The molecule has 0 aromatic carbocycles. The smallest absolute Gasteiger partial charge is 0.104 e. The molecule has 0 aliphatic rings. The topological polar surface area (TPSA) is 138 Å². The third-order valence-corrected chi connectivity index (χ3v) is 12.6. The highest BCUT2D eigenvalue weighted by atomic mass is 16.6. The lowest BCUT2D eigenvalue weighted by Gasteiger charge is -2.18. The second-order valence-electron chi connectivity index (χ2n) is 19.6. The van der Waals surface area contributed by atoms with Crippen LogP contribution in [0.4, 0.5) is 0 Å². The third-order valence-electron chi connectivity index (χ3n) is 12.6. The van der Waals surface area contributed by atoms with E-state index in [1.54, 1.807) is 7.11 Å². The fourth-order valence-corrected chi connectivity index (χ4v) is 8.08. The Balaban J connectivity index is 3.74. The highest BCUT2D eigenvalue weighted by Gasteiger charge is 2.11. The molecule has 1 atom stereocenters. The Morgan fingerprint density at radius 3 is 0.613 bits per heavy atom. The van der Waals surface area contributed by atoms with E-state index in [4.69, 9.17) is 71.1 Å². The van der Waals surface area contributed by atoms with Gasteiger partial charge in [-0.2, -0.15) is 0 Å². The number of rotatable bonds is 71. The first-order valence-electron chi connectivity index (χ1n) is 31.0. The Labute approximate surface area is 461 Å². The molecule has 452 valence electrons. The summed E-state index contributed by atoms with van der Waals surface area (Å²) in [5.74, 6) is 0. The first-order valence-corrected chi connectivity index (χ1v) is 31.0. The number of hydrogen-bond acceptors (Lipinski definition) is 15. The minimum absolute atomic E-state index is 0.0420. The summed E-state index contributed by atoms with van der Waals surface area (Å²) < 4.78 is 84.3. The van der Waals surface area contributed by atoms with Crippen molar-refractivity contribution in [2.45, 2.75) is 200 Å². The maximum atomic E-state index is 6.30. The molecule has 0 aromatic rings. The van der Waals surface area contributed by atoms with E-state index in [2.05, 4.69) is 13.8 Å². The minimum Gasteiger partial charge on any atom is -0.382 e. The van der Waals surface area contributed by atoms with Gasteiger partial charge in [0.1, 0.15) is 6.10 Å². The van der Waals surface area contributed by atoms with Gasteiger partial charge in [0.25, 0.3) is 0 Å². The van der Waals surface area contributed by atoms with E-state index in [0.29, 0.717) is 172 Å². The van der Waals surface area contributed by atoms with Gasteiger partial charge in [0.15, 0.2) is 0 Å². The average molecular weight is 1080 g/mol. The standard InChI is InChI=1S/C60H122O15/c1-4-6-8-10-12-14-16-18-20-22-24-26-28-30-32-73-58-60(75-33-31-29-27-25-23-21-19-17-15-13-11-9-7-5-2)59-74-57-56-72-55-54-71-53-52-70-51-50-69-49-48-68-47-46-67-45-44-66-43-42-65-41-40-64-39-38-63-37-36-62-35-34-61-3/h60H,4-59H2,1-3H3/t60-/m1/s1. The molecule has 0 unspecified atom stereocenters. The van der Waals surface area contributed by atoms with Crippen LogP contribution in [0.25, 0.3) is 0 Å². The quantitative estimate of drug-likeness (QED) is 0.0534. The average Bonchev–Trinajstić information content (AvgIpc) is 3.42. The molecule has 15 nitrogen and oxygen atoms in total. The van der Waals surface area contributed by atoms with Crippen molar-refractivity contribution in [2.75, 3.05) is 192 Å². The summed E-state index contributed by atoms with van der Waals surface area (Å²) in [5, 5.41) is 0. The van der Waals surface area contributed by atoms with Crippen molar-refractivity contribution >= 4 is 0 Å². The van der Waals surface area contributed by atoms with Gasteiger partial charge in [-0.05, 0) is 12.8 Å². The predicted octanol–water partition coefficient (Wildman–Crippen LogP) is 12.2. The Bertz CT molecular complexity index is 973. The molecule has 0 rings (SSSR count). The summed E-state index contributed by atoms with van der Waals surface area (Å²) in [6.45, 7) is 19.9. The van der Waals surface area contributed by atoms with E-state index in [9.17, 15) is 0 Å². The summed E-state index contributed by atoms with van der Waals surface area (Å²) in [4.78, 5) is 0. The maximum absolute atomic E-state index is 6.30. The Hall–Kier alpha value is -0.600. The van der Waals surface area contributed by atoms with Crippen molar-refractivity contribution in [3.63, 3.8) is 0 Å². The van der Waals surface area contributed by atoms with Crippen LogP contribution in [0.1, 0.15) is 194 Å². The molecule has 0 radical (unpaired) electrons. The molecule has 15 heteroatoms. The largest absolute Gasteiger partial charge is 0.382 e. The Kier molecular flexibility index (Phi) is 70.8. The van der Waals surface area contributed by atoms with Gasteiger partial charge in [0.2, 0.25) is 0 Å². The first kappa shape index (κ1) is 74.4. The lowest BCUT2D eigenvalue weighted by Crippen LogP contribution is -2.27. The summed E-state index contributed by atoms with van der Waals surface area (Å²) in [6.07, 6.45) is 38.1. The summed E-state index contributed by atoms with van der Waals surface area (Å²) in [5.41, 5.74) is 0. The fourth-order valence-electron chi connectivity index (χ4n) is 8.08. The molecule has 0 saturated carbocycles. The lowest BCUT2D eigenvalue weighted by molar-refractivity contribution is -0.0702. The molecule has 0 aliphatic carbocycles. The molecule has 0 N–H and O–H groups in total. The van der Waals surface area contributed by atoms with Crippen molar-refractivity contribution in [1.29, 1.82) is 0 Å². The van der Waals surface area contributed by atoms with Crippen molar-refractivity contribution < 1.29 is 71.1 Å². The number of unbranched alkanes of at least 4 members (excludes halogenated alkanes) is 26. The van der Waals surface area contributed by atoms with E-state index in [0.717, 1.165) is 26.1 Å². The normalized spacial score (nSPS) is 12.2. The van der Waals surface area contributed by atoms with Crippen LogP contribution in [0.3, 0.4) is 0 Å². The molecule has 0 aromatic heterocycles. The van der Waals surface area contributed by atoms with Gasteiger partial charge in [0.05, 0.1) is 172 Å². The second-order valence-corrected chi connectivity index (χ2v) is 19.6. The van der Waals surface area contributed by atoms with Crippen LogP contribution < -0.4 is 0 Å². The fraction of sp³-hybridized carbons (Fsp3) is 1.00. The van der Waals surface area contributed by atoms with Crippen LogP contribution in [0.15, 0.2) is 0 Å². The van der Waals surface area contributed by atoms with Gasteiger partial charge in [-0.3, -0.25) is 0 Å². The molecule has 0 fully saturated rings. The lowest BCUT2D eigenvalue weighted by atomic mass is 10.0. The van der Waals surface area contributed by atoms with Crippen LogP contribution >= 0.6 is 0 Å². The zero-order valence-corrected chi connectivity index (χ0v) is 49.3. The van der Waals surface area contributed by atoms with Crippen LogP contribution in [0, 0.1) is 0 Å². The van der Waals surface area contributed by atoms with Gasteiger partial charge >= 0.3 is 0 Å². The van der Waals surface area contributed by atoms with E-state index < -0.39 is 0 Å². The highest BCUT2D eigenvalue weighted by Crippen LogP contribution is 2.15. The van der Waals surface area contributed by atoms with Gasteiger partial charge in [-0.1, -0.05) is 181 Å². The van der Waals surface area contributed by atoms with E-state index >= 15 is 0 Å². The van der Waals surface area contributed by atoms with Gasteiger partial charge in [0, 0.05) is 20.3 Å². The monoisotopic (exact) mass is 1080 g/mol. The van der Waals surface area contributed by atoms with E-state index in [-0.39, 0.29) is 6.10 Å². The third kappa shape index (κ3) is 69.5. The van der Waals surface area contributed by atoms with Crippen molar-refractivity contribution in [3.05, 3.63) is 0 Å². The molecule has 75 heavy (non-hydrogen) atoms. The molecule has 0 heterocycles. The molecule has 0 saturated heterocycles. The van der Waals surface area contributed by atoms with Crippen LogP contribution in [0.5, 0.6) is 0 Å². The Morgan fingerprint density at radius 1 is 0.187 bits per heavy atom. The Morgan fingerprint density at radius 2 is 0.373 bits per heavy atom. The summed E-state index contributed by atoms with van der Waals surface area (Å²) in [6, 6.07) is 0. The van der Waals surface area contributed by atoms with Crippen molar-refractivity contribution in [1.82, 2.24) is 0 Å². The van der Waals surface area contributed by atoms with Crippen molar-refractivity contribution in [2.24, 2.45) is 0 Å². The van der Waals surface area contributed by atoms with Gasteiger partial charge in [-0.25, -0.2) is 0 Å². The van der Waals surface area contributed by atoms with E-state index in [1.165, 1.54) is 167 Å². The molecule has 0 aliphatic heterocycles. The number of hydrogen-bond donors (Lipinski definition) is 0. The predicted molar refractivity (Wildman–Crippen MR) is 303 cm³/mol. The summed E-state index contributed by atoms with van der Waals surface area (Å²) in [7, 11) is 1.65. The minimum atomic E-state index is -0.0420. The molecule has 0 spiro atoms. The maximum Gasteiger partial charge on any atom is 0.104 e. The van der Waals surface area contributed by atoms with E-state index in [1.807, 2.05) is 0 Å². The summed E-state index contributed by atoms with van der Waals surface area (Å²) >= 11 is 0. The van der Waals surface area contributed by atoms with Crippen LogP contribution in [0.2, 0.25) is 0 Å². The highest BCUT2D eigenvalue weighted by molar-refractivity contribution is 4.58. The van der Waals surface area contributed by atoms with Crippen LogP contribution in [-0.4, -0.2) is 198 Å². The number of methoxy groups -OCH3 is 1. The molecule has 0 amide bonds. The SMILES string of the molecule is CCCCCCCCCCCCCCCCOC[C@H](COCCOCCOCCOCCOCCOCCOCCOCCOCCOCCOCCOCCOC)OCCCCCCCCCCCCCCCC. The molecule has 0 bridgehead atoms. The number of ether oxygens (including phenoxy) is 15. The first-order chi connectivity index (χ1) is 37.3. The van der Waals surface area contributed by atoms with Gasteiger partial charge < -0.3 is 71.1 Å². The zero-order valence-electron chi connectivity index (χ0n) is 49.3. The van der Waals surface area contributed by atoms with Gasteiger partial charge in [-0.15, -0.1) is 0 Å². The molecular formula is C60H122O15.